The van der Waals surface area contributed by atoms with Crippen molar-refractivity contribution in [2.45, 2.75) is 56.5 Å². The fourth-order valence-electron chi connectivity index (χ4n) is 4.94. The van der Waals surface area contributed by atoms with Crippen molar-refractivity contribution >= 4 is 11.8 Å². The molecule has 2 unspecified atom stereocenters. The predicted molar refractivity (Wildman–Crippen MR) is 124 cm³/mol. The highest BCUT2D eigenvalue weighted by atomic mass is 16.5. The zero-order valence-electron chi connectivity index (χ0n) is 18.9. The average molecular weight is 452 g/mol. The smallest absolute Gasteiger partial charge is 0.273 e. The number of carbonyl (C=O) groups excluding carboxylic acids is 2. The maximum Gasteiger partial charge on any atom is 0.273 e. The van der Waals surface area contributed by atoms with Gasteiger partial charge in [-0.05, 0) is 81.8 Å². The molecule has 2 aliphatic heterocycles. The van der Waals surface area contributed by atoms with Gasteiger partial charge < -0.3 is 25.8 Å². The molecule has 0 spiro atoms. The molecule has 0 radical (unpaired) electrons. The molecule has 1 aromatic heterocycles. The summed E-state index contributed by atoms with van der Waals surface area (Å²) in [5.74, 6) is 1.21. The van der Waals surface area contributed by atoms with Crippen LogP contribution in [0.4, 0.5) is 0 Å². The van der Waals surface area contributed by atoms with Gasteiger partial charge in [-0.1, -0.05) is 17.3 Å². The molecule has 0 bridgehead atoms. The molecule has 33 heavy (non-hydrogen) atoms. The first kappa shape index (κ1) is 22.1. The molecule has 4 N–H and O–H groups in total. The van der Waals surface area contributed by atoms with E-state index >= 15 is 0 Å². The van der Waals surface area contributed by atoms with Crippen molar-refractivity contribution in [2.24, 2.45) is 5.92 Å². The summed E-state index contributed by atoms with van der Waals surface area (Å²) in [4.78, 5) is 26.0. The van der Waals surface area contributed by atoms with Crippen molar-refractivity contribution in [3.63, 3.8) is 0 Å². The number of benzene rings is 1. The number of amides is 2. The largest absolute Gasteiger partial charge is 0.360 e. The predicted octanol–water partition coefficient (Wildman–Crippen LogP) is 2.50. The third-order valence-corrected chi connectivity index (χ3v) is 7.02. The van der Waals surface area contributed by atoms with E-state index in [2.05, 4.69) is 26.4 Å². The van der Waals surface area contributed by atoms with Gasteiger partial charge in [0.1, 0.15) is 5.76 Å². The highest BCUT2D eigenvalue weighted by molar-refractivity contribution is 5.95. The van der Waals surface area contributed by atoms with Gasteiger partial charge in [0.25, 0.3) is 11.8 Å². The van der Waals surface area contributed by atoms with Crippen LogP contribution in [0.3, 0.4) is 0 Å². The fourth-order valence-corrected chi connectivity index (χ4v) is 4.94. The Morgan fingerprint density at radius 1 is 1.00 bits per heavy atom. The van der Waals surface area contributed by atoms with Crippen LogP contribution in [0.15, 0.2) is 34.9 Å². The molecule has 3 heterocycles. The lowest BCUT2D eigenvalue weighted by atomic mass is 9.85. The Balaban J connectivity index is 1.33. The maximum atomic E-state index is 13.1. The third kappa shape index (κ3) is 5.45. The molecule has 1 saturated carbocycles. The van der Waals surface area contributed by atoms with Gasteiger partial charge in [0.2, 0.25) is 0 Å². The van der Waals surface area contributed by atoms with Crippen LogP contribution in [0.25, 0.3) is 0 Å². The lowest BCUT2D eigenvalue weighted by Crippen LogP contribution is -2.45. The van der Waals surface area contributed by atoms with Gasteiger partial charge in [0.15, 0.2) is 5.69 Å². The van der Waals surface area contributed by atoms with Crippen molar-refractivity contribution in [2.75, 3.05) is 26.2 Å². The molecule has 3 fully saturated rings. The van der Waals surface area contributed by atoms with Crippen LogP contribution in [0.5, 0.6) is 0 Å². The van der Waals surface area contributed by atoms with Gasteiger partial charge in [0, 0.05) is 30.1 Å². The number of rotatable bonds is 7. The molecule has 1 aliphatic carbocycles. The first-order valence-corrected chi connectivity index (χ1v) is 12.3. The van der Waals surface area contributed by atoms with Gasteiger partial charge in [-0.25, -0.2) is 0 Å². The topological polar surface area (TPSA) is 108 Å². The minimum Gasteiger partial charge on any atom is -0.360 e. The van der Waals surface area contributed by atoms with E-state index in [-0.39, 0.29) is 29.8 Å². The van der Waals surface area contributed by atoms with Crippen molar-refractivity contribution in [1.82, 2.24) is 26.4 Å². The molecule has 8 heteroatoms. The summed E-state index contributed by atoms with van der Waals surface area (Å²) < 4.78 is 5.39. The monoisotopic (exact) mass is 451 g/mol. The molecule has 2 atom stereocenters. The first-order chi connectivity index (χ1) is 16.2. The Morgan fingerprint density at radius 3 is 2.61 bits per heavy atom. The SMILES string of the molecule is O=C(NC1CCCNC1)c1cccc(C(NC(=O)c2cc(C3CC3)on2)C2CCNCC2)c1. The van der Waals surface area contributed by atoms with Gasteiger partial charge in [-0.2, -0.15) is 0 Å². The number of piperidine rings is 2. The zero-order valence-corrected chi connectivity index (χ0v) is 18.9. The van der Waals surface area contributed by atoms with E-state index < -0.39 is 0 Å². The standard InChI is InChI=1S/C25H33N5O3/c31-24(28-20-5-2-10-27-15-20)19-4-1-3-18(13-19)23(17-8-11-26-12-9-17)29-25(32)21-14-22(33-30-21)16-6-7-16/h1,3-4,13-14,16-17,20,23,26-27H,2,5-12,15H2,(H,28,31)(H,29,32). The van der Waals surface area contributed by atoms with Crippen LogP contribution in [0.1, 0.15) is 82.7 Å². The molecule has 2 aromatic rings. The fraction of sp³-hybridized carbons (Fsp3) is 0.560. The normalized spacial score (nSPS) is 22.5. The zero-order chi connectivity index (χ0) is 22.6. The summed E-state index contributed by atoms with van der Waals surface area (Å²) >= 11 is 0. The summed E-state index contributed by atoms with van der Waals surface area (Å²) in [6.45, 7) is 3.65. The summed E-state index contributed by atoms with van der Waals surface area (Å²) in [6, 6.07) is 9.42. The average Bonchev–Trinajstić information content (AvgIpc) is 3.59. The molecule has 2 saturated heterocycles. The molecule has 8 nitrogen and oxygen atoms in total. The third-order valence-electron chi connectivity index (χ3n) is 7.02. The first-order valence-electron chi connectivity index (χ1n) is 12.3. The van der Waals surface area contributed by atoms with Crippen LogP contribution in [-0.2, 0) is 0 Å². The number of carbonyl (C=O) groups is 2. The summed E-state index contributed by atoms with van der Waals surface area (Å²) in [5, 5.41) is 17.1. The van der Waals surface area contributed by atoms with Crippen molar-refractivity contribution < 1.29 is 14.1 Å². The second-order valence-corrected chi connectivity index (χ2v) is 9.57. The van der Waals surface area contributed by atoms with Gasteiger partial charge >= 0.3 is 0 Å². The Bertz CT molecular complexity index is 974. The lowest BCUT2D eigenvalue weighted by Gasteiger charge is -2.32. The Hall–Kier alpha value is -2.71. The van der Waals surface area contributed by atoms with Crippen LogP contribution >= 0.6 is 0 Å². The van der Waals surface area contributed by atoms with Crippen molar-refractivity contribution in [3.8, 4) is 0 Å². The minimum atomic E-state index is -0.225. The molecular weight excluding hydrogens is 418 g/mol. The van der Waals surface area contributed by atoms with E-state index in [1.165, 1.54) is 0 Å². The summed E-state index contributed by atoms with van der Waals surface area (Å²) in [6.07, 6.45) is 6.17. The molecule has 3 aliphatic rings. The summed E-state index contributed by atoms with van der Waals surface area (Å²) in [5.41, 5.74) is 1.91. The second kappa shape index (κ2) is 10.1. The van der Waals surface area contributed by atoms with Gasteiger partial charge in [-0.15, -0.1) is 0 Å². The van der Waals surface area contributed by atoms with E-state index in [9.17, 15) is 9.59 Å². The van der Waals surface area contributed by atoms with Crippen molar-refractivity contribution in [1.29, 1.82) is 0 Å². The number of aromatic nitrogens is 1. The second-order valence-electron chi connectivity index (χ2n) is 9.57. The van der Waals surface area contributed by atoms with E-state index in [1.54, 1.807) is 6.07 Å². The molecule has 2 amide bonds. The van der Waals surface area contributed by atoms with Crippen LogP contribution < -0.4 is 21.3 Å². The number of nitrogens with zero attached hydrogens (tertiary/aromatic N) is 1. The maximum absolute atomic E-state index is 13.1. The molecule has 176 valence electrons. The molecule has 1 aromatic carbocycles. The van der Waals surface area contributed by atoms with Crippen LogP contribution in [-0.4, -0.2) is 49.2 Å². The van der Waals surface area contributed by atoms with E-state index in [0.717, 1.165) is 76.0 Å². The number of nitrogens with one attached hydrogen (secondary N) is 4. The Morgan fingerprint density at radius 2 is 1.85 bits per heavy atom. The van der Waals surface area contributed by atoms with Crippen LogP contribution in [0, 0.1) is 5.92 Å². The van der Waals surface area contributed by atoms with Crippen LogP contribution in [0.2, 0.25) is 0 Å². The Labute approximate surface area is 194 Å². The lowest BCUT2D eigenvalue weighted by molar-refractivity contribution is 0.0904. The van der Waals surface area contributed by atoms with Gasteiger partial charge in [0.05, 0.1) is 6.04 Å². The van der Waals surface area contributed by atoms with Gasteiger partial charge in [-0.3, -0.25) is 9.59 Å². The minimum absolute atomic E-state index is 0.0634. The highest BCUT2D eigenvalue weighted by Gasteiger charge is 2.31. The molecular formula is C25H33N5O3. The molecule has 5 rings (SSSR count). The number of hydrogen-bond donors (Lipinski definition) is 4. The quantitative estimate of drug-likeness (QED) is 0.515. The van der Waals surface area contributed by atoms with Crippen molar-refractivity contribution in [3.05, 3.63) is 52.9 Å². The van der Waals surface area contributed by atoms with E-state index in [4.69, 9.17) is 4.52 Å². The van der Waals surface area contributed by atoms with E-state index in [1.807, 2.05) is 24.3 Å². The highest BCUT2D eigenvalue weighted by Crippen LogP contribution is 2.40. The number of hydrogen-bond acceptors (Lipinski definition) is 6. The van der Waals surface area contributed by atoms with E-state index in [0.29, 0.717) is 17.2 Å². The summed E-state index contributed by atoms with van der Waals surface area (Å²) in [7, 11) is 0. The Kier molecular flexibility index (Phi) is 6.73.